The average Bonchev–Trinajstić information content (AvgIpc) is 3.16. The highest BCUT2D eigenvalue weighted by Gasteiger charge is 2.14. The molecule has 1 aliphatic carbocycles. The number of aryl methyl sites for hydroxylation is 2. The first-order valence-electron chi connectivity index (χ1n) is 9.47. The summed E-state index contributed by atoms with van der Waals surface area (Å²) in [6, 6.07) is 0.495. The summed E-state index contributed by atoms with van der Waals surface area (Å²) < 4.78 is 2.34. The third-order valence-corrected chi connectivity index (χ3v) is 4.71. The van der Waals surface area contributed by atoms with Crippen LogP contribution in [0.5, 0.6) is 0 Å². The van der Waals surface area contributed by atoms with E-state index in [1.165, 1.54) is 25.1 Å². The van der Waals surface area contributed by atoms with Crippen molar-refractivity contribution < 1.29 is 0 Å². The molecule has 1 aromatic rings. The van der Waals surface area contributed by atoms with Crippen LogP contribution < -0.4 is 10.6 Å². The Kier molecular flexibility index (Phi) is 6.26. The molecule has 2 aliphatic rings. The van der Waals surface area contributed by atoms with Gasteiger partial charge >= 0.3 is 0 Å². The van der Waals surface area contributed by atoms with Gasteiger partial charge in [0.1, 0.15) is 11.6 Å². The molecule has 0 fully saturated rings. The SMILES string of the molecule is CCNC(=NCCCc1nnc2n1CCCCC2)NC1CC=CC1. The molecule has 0 amide bonds. The van der Waals surface area contributed by atoms with E-state index in [4.69, 9.17) is 4.99 Å². The van der Waals surface area contributed by atoms with Crippen molar-refractivity contribution in [3.05, 3.63) is 23.8 Å². The van der Waals surface area contributed by atoms with Gasteiger partial charge in [-0.1, -0.05) is 18.6 Å². The highest BCUT2D eigenvalue weighted by molar-refractivity contribution is 5.80. The topological polar surface area (TPSA) is 67.1 Å². The number of nitrogens with zero attached hydrogens (tertiary/aromatic N) is 4. The second-order valence-corrected chi connectivity index (χ2v) is 6.64. The van der Waals surface area contributed by atoms with Crippen molar-refractivity contribution in [2.24, 2.45) is 4.99 Å². The van der Waals surface area contributed by atoms with E-state index in [0.29, 0.717) is 6.04 Å². The average molecular weight is 330 g/mol. The van der Waals surface area contributed by atoms with E-state index in [1.807, 2.05) is 0 Å². The maximum Gasteiger partial charge on any atom is 0.191 e. The standard InChI is InChI=1S/C18H30N6/c1-2-19-18(21-15-9-5-6-10-15)20-13-8-12-17-23-22-16-11-4-3-7-14-24(16)17/h5-6,15H,2-4,7-14H2,1H3,(H2,19,20,21). The zero-order chi connectivity index (χ0) is 16.6. The van der Waals surface area contributed by atoms with Gasteiger partial charge in [-0.05, 0) is 39.0 Å². The first-order chi connectivity index (χ1) is 11.9. The molecule has 3 rings (SSSR count). The lowest BCUT2D eigenvalue weighted by molar-refractivity contribution is 0.596. The lowest BCUT2D eigenvalue weighted by Gasteiger charge is -2.16. The van der Waals surface area contributed by atoms with Gasteiger partial charge < -0.3 is 15.2 Å². The summed E-state index contributed by atoms with van der Waals surface area (Å²) >= 11 is 0. The van der Waals surface area contributed by atoms with E-state index in [2.05, 4.69) is 44.5 Å². The molecule has 6 nitrogen and oxygen atoms in total. The van der Waals surface area contributed by atoms with Gasteiger partial charge in [-0.25, -0.2) is 0 Å². The van der Waals surface area contributed by atoms with E-state index in [9.17, 15) is 0 Å². The van der Waals surface area contributed by atoms with Crippen LogP contribution >= 0.6 is 0 Å². The maximum absolute atomic E-state index is 4.72. The molecule has 0 unspecified atom stereocenters. The first-order valence-corrected chi connectivity index (χ1v) is 9.47. The van der Waals surface area contributed by atoms with E-state index in [0.717, 1.165) is 63.5 Å². The van der Waals surface area contributed by atoms with Crippen LogP contribution in [0.1, 0.15) is 57.1 Å². The number of aliphatic imine (C=N–C) groups is 1. The van der Waals surface area contributed by atoms with Crippen molar-refractivity contribution >= 4 is 5.96 Å². The smallest absolute Gasteiger partial charge is 0.191 e. The van der Waals surface area contributed by atoms with Gasteiger partial charge in [0.25, 0.3) is 0 Å². The molecule has 0 atom stereocenters. The number of rotatable bonds is 6. The maximum atomic E-state index is 4.72. The minimum absolute atomic E-state index is 0.495. The summed E-state index contributed by atoms with van der Waals surface area (Å²) in [6.07, 6.45) is 13.5. The zero-order valence-corrected chi connectivity index (χ0v) is 14.8. The van der Waals surface area contributed by atoms with Gasteiger partial charge in [-0.15, -0.1) is 10.2 Å². The lowest BCUT2D eigenvalue weighted by atomic mass is 10.2. The molecule has 0 radical (unpaired) electrons. The fourth-order valence-corrected chi connectivity index (χ4v) is 3.41. The molecular formula is C18H30N6. The summed E-state index contributed by atoms with van der Waals surface area (Å²) in [5.74, 6) is 3.25. The summed E-state index contributed by atoms with van der Waals surface area (Å²) in [4.78, 5) is 4.72. The molecule has 0 saturated carbocycles. The molecule has 0 saturated heterocycles. The van der Waals surface area contributed by atoms with Crippen molar-refractivity contribution in [2.45, 2.75) is 70.9 Å². The molecule has 1 aromatic heterocycles. The van der Waals surface area contributed by atoms with Crippen LogP contribution in [-0.2, 0) is 19.4 Å². The first kappa shape index (κ1) is 17.0. The quantitative estimate of drug-likeness (QED) is 0.363. The highest BCUT2D eigenvalue weighted by atomic mass is 15.3. The van der Waals surface area contributed by atoms with Crippen LogP contribution in [0.15, 0.2) is 17.1 Å². The Morgan fingerprint density at radius 2 is 2.12 bits per heavy atom. The van der Waals surface area contributed by atoms with Gasteiger partial charge in [0.15, 0.2) is 5.96 Å². The number of hydrogen-bond acceptors (Lipinski definition) is 3. The molecule has 2 heterocycles. The fourth-order valence-electron chi connectivity index (χ4n) is 3.41. The van der Waals surface area contributed by atoms with E-state index in [1.54, 1.807) is 0 Å². The number of aromatic nitrogens is 3. The number of guanidine groups is 1. The van der Waals surface area contributed by atoms with Gasteiger partial charge in [-0.3, -0.25) is 4.99 Å². The van der Waals surface area contributed by atoms with Gasteiger partial charge in [0.2, 0.25) is 0 Å². The fraction of sp³-hybridized carbons (Fsp3) is 0.722. The second kappa shape index (κ2) is 8.85. The van der Waals surface area contributed by atoms with Crippen LogP contribution in [0.2, 0.25) is 0 Å². The van der Waals surface area contributed by atoms with Crippen molar-refractivity contribution in [3.63, 3.8) is 0 Å². The van der Waals surface area contributed by atoms with Crippen molar-refractivity contribution in [3.8, 4) is 0 Å². The van der Waals surface area contributed by atoms with Crippen LogP contribution in [0.25, 0.3) is 0 Å². The van der Waals surface area contributed by atoms with Crippen LogP contribution in [0.4, 0.5) is 0 Å². The van der Waals surface area contributed by atoms with Gasteiger partial charge in [-0.2, -0.15) is 0 Å². The van der Waals surface area contributed by atoms with Crippen molar-refractivity contribution in [1.82, 2.24) is 25.4 Å². The number of fused-ring (bicyclic) bond motifs is 1. The van der Waals surface area contributed by atoms with E-state index >= 15 is 0 Å². The zero-order valence-electron chi connectivity index (χ0n) is 14.8. The molecule has 0 bridgehead atoms. The highest BCUT2D eigenvalue weighted by Crippen LogP contribution is 2.15. The summed E-state index contributed by atoms with van der Waals surface area (Å²) in [5.41, 5.74) is 0. The molecule has 6 heteroatoms. The predicted molar refractivity (Wildman–Crippen MR) is 97.2 cm³/mol. The molecule has 2 N–H and O–H groups in total. The third-order valence-electron chi connectivity index (χ3n) is 4.71. The Balaban J connectivity index is 1.48. The Labute approximate surface area is 144 Å². The summed E-state index contributed by atoms with van der Waals surface area (Å²) in [7, 11) is 0. The minimum atomic E-state index is 0.495. The Hall–Kier alpha value is -1.85. The van der Waals surface area contributed by atoms with Crippen molar-refractivity contribution in [2.75, 3.05) is 13.1 Å². The molecular weight excluding hydrogens is 300 g/mol. The van der Waals surface area contributed by atoms with Crippen molar-refractivity contribution in [1.29, 1.82) is 0 Å². The normalized spacial score (nSPS) is 18.5. The van der Waals surface area contributed by atoms with Gasteiger partial charge in [0, 0.05) is 38.5 Å². The number of hydrogen-bond donors (Lipinski definition) is 2. The molecule has 132 valence electrons. The largest absolute Gasteiger partial charge is 0.357 e. The van der Waals surface area contributed by atoms with E-state index in [-0.39, 0.29) is 0 Å². The summed E-state index contributed by atoms with van der Waals surface area (Å²) in [6.45, 7) is 4.90. The van der Waals surface area contributed by atoms with Crippen LogP contribution in [0.3, 0.4) is 0 Å². The van der Waals surface area contributed by atoms with Crippen LogP contribution in [0, 0.1) is 0 Å². The van der Waals surface area contributed by atoms with Crippen LogP contribution in [-0.4, -0.2) is 39.9 Å². The molecule has 1 aliphatic heterocycles. The predicted octanol–water partition coefficient (Wildman–Crippen LogP) is 2.21. The minimum Gasteiger partial charge on any atom is -0.357 e. The summed E-state index contributed by atoms with van der Waals surface area (Å²) in [5, 5.41) is 15.6. The monoisotopic (exact) mass is 330 g/mol. The second-order valence-electron chi connectivity index (χ2n) is 6.64. The Morgan fingerprint density at radius 1 is 1.25 bits per heavy atom. The molecule has 24 heavy (non-hydrogen) atoms. The third kappa shape index (κ3) is 4.58. The Morgan fingerprint density at radius 3 is 2.96 bits per heavy atom. The molecule has 0 aromatic carbocycles. The Bertz CT molecular complexity index is 566. The lowest BCUT2D eigenvalue weighted by Crippen LogP contribution is -2.42. The molecule has 0 spiro atoms. The van der Waals surface area contributed by atoms with E-state index < -0.39 is 0 Å². The number of nitrogens with one attached hydrogen (secondary N) is 2. The van der Waals surface area contributed by atoms with Gasteiger partial charge in [0.05, 0.1) is 0 Å².